The zero-order chi connectivity index (χ0) is 18.0. The van der Waals surface area contributed by atoms with Crippen molar-refractivity contribution < 1.29 is 18.0 Å². The van der Waals surface area contributed by atoms with Crippen molar-refractivity contribution in [3.05, 3.63) is 29.8 Å². The van der Waals surface area contributed by atoms with Gasteiger partial charge in [-0.15, -0.1) is 0 Å². The molecule has 0 aromatic heterocycles. The summed E-state index contributed by atoms with van der Waals surface area (Å²) in [6, 6.07) is 7.34. The van der Waals surface area contributed by atoms with Gasteiger partial charge >= 0.3 is 0 Å². The van der Waals surface area contributed by atoms with Gasteiger partial charge in [-0.2, -0.15) is 5.06 Å². The standard InChI is InChI=1S/C18H28N2O4S/c1-19-18(14-9-11-16(23-3)12-10-14)17(13-24-19)25(21,22)20(2)15-7-5-4-6-8-15/h9-12,15,17-18H,4-8,13H2,1-3H3/t17-,18+/m1/s1. The molecule has 1 aliphatic heterocycles. The van der Waals surface area contributed by atoms with Crippen molar-refractivity contribution in [3.63, 3.8) is 0 Å². The molecule has 0 spiro atoms. The number of hydrogen-bond acceptors (Lipinski definition) is 5. The molecule has 0 bridgehead atoms. The van der Waals surface area contributed by atoms with Crippen molar-refractivity contribution in [1.29, 1.82) is 0 Å². The molecule has 0 unspecified atom stereocenters. The summed E-state index contributed by atoms with van der Waals surface area (Å²) in [5.74, 6) is 0.754. The van der Waals surface area contributed by atoms with Crippen LogP contribution < -0.4 is 4.74 Å². The summed E-state index contributed by atoms with van der Waals surface area (Å²) in [5, 5.41) is 1.07. The van der Waals surface area contributed by atoms with Gasteiger partial charge < -0.3 is 4.74 Å². The minimum Gasteiger partial charge on any atom is -0.497 e. The number of ether oxygens (including phenoxy) is 1. The van der Waals surface area contributed by atoms with E-state index >= 15 is 0 Å². The fraction of sp³-hybridized carbons (Fsp3) is 0.667. The van der Waals surface area contributed by atoms with Crippen molar-refractivity contribution in [1.82, 2.24) is 9.37 Å². The van der Waals surface area contributed by atoms with Crippen molar-refractivity contribution in [2.45, 2.75) is 49.4 Å². The highest BCUT2D eigenvalue weighted by Gasteiger charge is 2.46. The Hall–Kier alpha value is -1.15. The molecular formula is C18H28N2O4S. The molecule has 2 atom stereocenters. The Balaban J connectivity index is 1.85. The van der Waals surface area contributed by atoms with Crippen molar-refractivity contribution in [2.75, 3.05) is 27.8 Å². The van der Waals surface area contributed by atoms with Crippen LogP contribution in [0.1, 0.15) is 43.7 Å². The van der Waals surface area contributed by atoms with E-state index in [4.69, 9.17) is 9.57 Å². The predicted octanol–water partition coefficient (Wildman–Crippen LogP) is 2.58. The second kappa shape index (κ2) is 7.61. The van der Waals surface area contributed by atoms with E-state index in [0.717, 1.165) is 37.0 Å². The van der Waals surface area contributed by atoms with Crippen molar-refractivity contribution >= 4 is 10.0 Å². The van der Waals surface area contributed by atoms with Crippen LogP contribution in [-0.2, 0) is 14.9 Å². The lowest BCUT2D eigenvalue weighted by molar-refractivity contribution is -0.110. The molecule has 1 aromatic carbocycles. The van der Waals surface area contributed by atoms with Crippen LogP contribution in [0.4, 0.5) is 0 Å². The number of hydrogen-bond donors (Lipinski definition) is 0. The van der Waals surface area contributed by atoms with Gasteiger partial charge in [0.05, 0.1) is 19.8 Å². The zero-order valence-corrected chi connectivity index (χ0v) is 16.0. The van der Waals surface area contributed by atoms with E-state index in [9.17, 15) is 8.42 Å². The van der Waals surface area contributed by atoms with Gasteiger partial charge in [0.25, 0.3) is 0 Å². The maximum Gasteiger partial charge on any atom is 0.221 e. The third-order valence-electron chi connectivity index (χ3n) is 5.52. The van der Waals surface area contributed by atoms with Gasteiger partial charge in [0, 0.05) is 20.1 Å². The molecule has 2 aliphatic rings. The fourth-order valence-corrected chi connectivity index (χ4v) is 5.88. The maximum atomic E-state index is 13.3. The van der Waals surface area contributed by atoms with Crippen molar-refractivity contribution in [3.8, 4) is 5.75 Å². The van der Waals surface area contributed by atoms with E-state index in [2.05, 4.69) is 0 Å². The van der Waals surface area contributed by atoms with Crippen LogP contribution in [0.5, 0.6) is 5.75 Å². The van der Waals surface area contributed by atoms with Crippen molar-refractivity contribution in [2.24, 2.45) is 0 Å². The molecule has 7 heteroatoms. The summed E-state index contributed by atoms with van der Waals surface area (Å²) in [6.45, 7) is 0.187. The Morgan fingerprint density at radius 3 is 2.40 bits per heavy atom. The molecule has 1 heterocycles. The molecule has 0 radical (unpaired) electrons. The summed E-state index contributed by atoms with van der Waals surface area (Å²) in [4.78, 5) is 5.61. The number of rotatable bonds is 5. The Kier molecular flexibility index (Phi) is 5.68. The third kappa shape index (κ3) is 3.69. The minimum atomic E-state index is -3.45. The average Bonchev–Trinajstić information content (AvgIpc) is 3.04. The monoisotopic (exact) mass is 368 g/mol. The van der Waals surface area contributed by atoms with Gasteiger partial charge in [0.2, 0.25) is 10.0 Å². The van der Waals surface area contributed by atoms with E-state index in [0.29, 0.717) is 0 Å². The molecule has 1 aliphatic carbocycles. The van der Waals surface area contributed by atoms with Crippen LogP contribution in [0.2, 0.25) is 0 Å². The van der Waals surface area contributed by atoms with Crippen LogP contribution in [-0.4, -0.2) is 56.9 Å². The van der Waals surface area contributed by atoms with Crippen LogP contribution in [0, 0.1) is 0 Å². The first kappa shape index (κ1) is 18.6. The zero-order valence-electron chi connectivity index (χ0n) is 15.2. The molecular weight excluding hydrogens is 340 g/mol. The average molecular weight is 368 g/mol. The summed E-state index contributed by atoms with van der Waals surface area (Å²) in [5.41, 5.74) is 0.923. The highest BCUT2D eigenvalue weighted by molar-refractivity contribution is 7.89. The predicted molar refractivity (Wildman–Crippen MR) is 96.8 cm³/mol. The van der Waals surface area contributed by atoms with Gasteiger partial charge in [-0.25, -0.2) is 12.7 Å². The van der Waals surface area contributed by atoms with Gasteiger partial charge in [0.15, 0.2) is 0 Å². The minimum absolute atomic E-state index is 0.112. The first-order chi connectivity index (χ1) is 11.9. The Morgan fingerprint density at radius 1 is 1.16 bits per heavy atom. The lowest BCUT2D eigenvalue weighted by Crippen LogP contribution is -2.45. The Bertz CT molecular complexity index is 671. The van der Waals surface area contributed by atoms with Gasteiger partial charge in [-0.3, -0.25) is 4.84 Å². The molecule has 25 heavy (non-hydrogen) atoms. The summed E-state index contributed by atoms with van der Waals surface area (Å²) >= 11 is 0. The smallest absolute Gasteiger partial charge is 0.221 e. The van der Waals surface area contributed by atoms with E-state index in [1.54, 1.807) is 30.6 Å². The largest absolute Gasteiger partial charge is 0.497 e. The van der Waals surface area contributed by atoms with E-state index in [1.165, 1.54) is 6.42 Å². The van der Waals surface area contributed by atoms with E-state index < -0.39 is 15.3 Å². The Labute approximate surface area is 150 Å². The van der Waals surface area contributed by atoms with Gasteiger partial charge in [0.1, 0.15) is 11.0 Å². The highest BCUT2D eigenvalue weighted by Crippen LogP contribution is 2.36. The molecule has 140 valence electrons. The lowest BCUT2D eigenvalue weighted by atomic mass is 9.96. The Morgan fingerprint density at radius 2 is 1.80 bits per heavy atom. The number of benzene rings is 1. The molecule has 1 saturated heterocycles. The van der Waals surface area contributed by atoms with E-state index in [-0.39, 0.29) is 18.7 Å². The number of sulfonamides is 1. The first-order valence-corrected chi connectivity index (χ1v) is 10.4. The number of nitrogens with zero attached hydrogens (tertiary/aromatic N) is 2. The maximum absolute atomic E-state index is 13.3. The van der Waals surface area contributed by atoms with Crippen LogP contribution in [0.15, 0.2) is 24.3 Å². The molecule has 0 amide bonds. The number of hydroxylamine groups is 2. The third-order valence-corrected chi connectivity index (χ3v) is 7.78. The summed E-state index contributed by atoms with van der Waals surface area (Å²) in [7, 11) is 1.70. The van der Waals surface area contributed by atoms with Crippen LogP contribution in [0.25, 0.3) is 0 Å². The lowest BCUT2D eigenvalue weighted by Gasteiger charge is -2.33. The summed E-state index contributed by atoms with van der Waals surface area (Å²) in [6.07, 6.45) is 5.31. The SMILES string of the molecule is COc1ccc([C@H]2[C@H](S(=O)(=O)N(C)C3CCCCC3)CON2C)cc1. The highest BCUT2D eigenvalue weighted by atomic mass is 32.2. The van der Waals surface area contributed by atoms with E-state index in [1.807, 2.05) is 24.3 Å². The fourth-order valence-electron chi connectivity index (χ4n) is 3.94. The molecule has 0 N–H and O–H groups in total. The van der Waals surface area contributed by atoms with Gasteiger partial charge in [-0.05, 0) is 30.5 Å². The van der Waals surface area contributed by atoms with Crippen LogP contribution >= 0.6 is 0 Å². The molecule has 3 rings (SSSR count). The first-order valence-electron chi connectivity index (χ1n) is 8.91. The molecule has 2 fully saturated rings. The normalized spacial score (nSPS) is 26.2. The molecule has 1 aromatic rings. The topological polar surface area (TPSA) is 59.1 Å². The molecule has 6 nitrogen and oxygen atoms in total. The molecule has 1 saturated carbocycles. The number of methoxy groups -OCH3 is 1. The van der Waals surface area contributed by atoms with Crippen LogP contribution in [0.3, 0.4) is 0 Å². The second-order valence-electron chi connectivity index (χ2n) is 6.95. The second-order valence-corrected chi connectivity index (χ2v) is 9.16. The summed E-state index contributed by atoms with van der Waals surface area (Å²) < 4.78 is 33.4. The quantitative estimate of drug-likeness (QED) is 0.799. The van der Waals surface area contributed by atoms with Gasteiger partial charge in [-0.1, -0.05) is 31.4 Å².